The second-order valence-electron chi connectivity index (χ2n) is 10.6. The Kier molecular flexibility index (Phi) is 6.36. The fourth-order valence-electron chi connectivity index (χ4n) is 5.66. The fourth-order valence-corrected chi connectivity index (χ4v) is 5.66. The monoisotopic (exact) mass is 538 g/mol. The van der Waals surface area contributed by atoms with Crippen LogP contribution in [0.1, 0.15) is 42.7 Å². The highest BCUT2D eigenvalue weighted by Crippen LogP contribution is 2.46. The van der Waals surface area contributed by atoms with Gasteiger partial charge < -0.3 is 25.8 Å². The van der Waals surface area contributed by atoms with Gasteiger partial charge >= 0.3 is 0 Å². The number of pyridine rings is 1. The highest BCUT2D eigenvalue weighted by Gasteiger charge is 2.58. The Morgan fingerprint density at radius 2 is 2.00 bits per heavy atom. The second-order valence-corrected chi connectivity index (χ2v) is 10.6. The standard InChI is InChI=1S/C27H28F2N6O4/c1-13(2)7-20(34(3)24(37)19-10-15-17(29)8-14(28)9-18(15)32-19)25(38)35-12-27(11-21(35)22(30)36)16-5-4-6-31-23(16)33-26(27)39/h4-6,8-10,13,20-21,32H,7,11-12H2,1-3H3,(H2,30,36)(H,31,33,39)/t20-,21-,27-/m0/s1. The van der Waals surface area contributed by atoms with Crippen LogP contribution in [0.25, 0.3) is 10.9 Å². The SMILES string of the molecule is CC(C)C[C@@H](C(=O)N1C[C@]2(C[C@H]1C(N)=O)C(=O)Nc1ncccc12)N(C)C(=O)c1cc2c(F)cc(F)cc2[nH]1. The van der Waals surface area contributed by atoms with Crippen molar-refractivity contribution < 1.29 is 28.0 Å². The zero-order valence-electron chi connectivity index (χ0n) is 21.6. The third-order valence-electron chi connectivity index (χ3n) is 7.61. The van der Waals surface area contributed by atoms with E-state index < -0.39 is 46.9 Å². The molecule has 4 amide bonds. The first-order chi connectivity index (χ1) is 18.4. The Hall–Kier alpha value is -4.35. The molecule has 10 nitrogen and oxygen atoms in total. The molecule has 0 bridgehead atoms. The van der Waals surface area contributed by atoms with E-state index in [9.17, 15) is 28.0 Å². The van der Waals surface area contributed by atoms with Crippen LogP contribution in [0.15, 0.2) is 36.5 Å². The number of aromatic amines is 1. The van der Waals surface area contributed by atoms with Gasteiger partial charge in [-0.3, -0.25) is 19.2 Å². The first-order valence-electron chi connectivity index (χ1n) is 12.5. The molecule has 0 aliphatic carbocycles. The van der Waals surface area contributed by atoms with Gasteiger partial charge in [-0.15, -0.1) is 0 Å². The van der Waals surface area contributed by atoms with Crippen LogP contribution in [-0.2, 0) is 19.8 Å². The van der Waals surface area contributed by atoms with Crippen molar-refractivity contribution in [2.75, 3.05) is 18.9 Å². The van der Waals surface area contributed by atoms with Crippen molar-refractivity contribution in [3.63, 3.8) is 0 Å². The summed E-state index contributed by atoms with van der Waals surface area (Å²) in [5.41, 5.74) is 5.15. The summed E-state index contributed by atoms with van der Waals surface area (Å²) in [5.74, 6) is -3.60. The lowest BCUT2D eigenvalue weighted by Crippen LogP contribution is -2.54. The maximum absolute atomic E-state index is 14.3. The predicted octanol–water partition coefficient (Wildman–Crippen LogP) is 2.30. The number of nitrogens with two attached hydrogens (primary N) is 1. The van der Waals surface area contributed by atoms with E-state index in [0.717, 1.165) is 12.1 Å². The molecule has 0 unspecified atom stereocenters. The molecule has 2 aromatic heterocycles. The van der Waals surface area contributed by atoms with E-state index in [2.05, 4.69) is 15.3 Å². The first kappa shape index (κ1) is 26.3. The number of likely N-dealkylation sites (N-methyl/N-ethyl adjacent to an activating group) is 1. The maximum Gasteiger partial charge on any atom is 0.270 e. The minimum absolute atomic E-state index is 0.0164. The van der Waals surface area contributed by atoms with Crippen LogP contribution in [0.4, 0.5) is 14.6 Å². The highest BCUT2D eigenvalue weighted by molar-refractivity contribution is 6.07. The van der Waals surface area contributed by atoms with Crippen molar-refractivity contribution in [3.05, 3.63) is 59.4 Å². The van der Waals surface area contributed by atoms with E-state index >= 15 is 0 Å². The van der Waals surface area contributed by atoms with Crippen LogP contribution in [-0.4, -0.2) is 69.1 Å². The van der Waals surface area contributed by atoms with Crippen LogP contribution in [0, 0.1) is 17.6 Å². The number of hydrogen-bond acceptors (Lipinski definition) is 5. The Bertz CT molecular complexity index is 1520. The number of rotatable bonds is 6. The van der Waals surface area contributed by atoms with Crippen LogP contribution in [0.5, 0.6) is 0 Å². The number of halogens is 2. The average molecular weight is 539 g/mol. The lowest BCUT2D eigenvalue weighted by Gasteiger charge is -2.33. The van der Waals surface area contributed by atoms with E-state index in [1.165, 1.54) is 29.1 Å². The van der Waals surface area contributed by atoms with E-state index in [4.69, 9.17) is 5.73 Å². The van der Waals surface area contributed by atoms with Gasteiger partial charge in [-0.1, -0.05) is 19.9 Å². The van der Waals surface area contributed by atoms with Gasteiger partial charge in [0.15, 0.2) is 0 Å². The Labute approximate surface area is 222 Å². The maximum atomic E-state index is 14.3. The zero-order chi connectivity index (χ0) is 28.2. The molecule has 1 aromatic carbocycles. The molecule has 2 aliphatic heterocycles. The smallest absolute Gasteiger partial charge is 0.270 e. The van der Waals surface area contributed by atoms with E-state index in [1.54, 1.807) is 12.1 Å². The number of aromatic nitrogens is 2. The highest BCUT2D eigenvalue weighted by atomic mass is 19.1. The summed E-state index contributed by atoms with van der Waals surface area (Å²) in [6, 6.07) is 4.35. The number of primary amides is 1. The van der Waals surface area contributed by atoms with Crippen molar-refractivity contribution in [3.8, 4) is 0 Å². The number of carbonyl (C=O) groups is 4. The van der Waals surface area contributed by atoms with Crippen LogP contribution in [0.3, 0.4) is 0 Å². The van der Waals surface area contributed by atoms with Gasteiger partial charge in [-0.05, 0) is 37.0 Å². The molecule has 12 heteroatoms. The molecule has 1 spiro atoms. The molecular formula is C27H28F2N6O4. The average Bonchev–Trinajstić information content (AvgIpc) is 3.56. The van der Waals surface area contributed by atoms with Crippen molar-refractivity contribution >= 4 is 40.3 Å². The van der Waals surface area contributed by atoms with Gasteiger partial charge in [0.2, 0.25) is 17.7 Å². The summed E-state index contributed by atoms with van der Waals surface area (Å²) in [6.07, 6.45) is 1.76. The summed E-state index contributed by atoms with van der Waals surface area (Å²) in [5, 5.41) is 2.76. The lowest BCUT2D eigenvalue weighted by molar-refractivity contribution is -0.141. The Balaban J connectivity index is 1.48. The number of benzene rings is 1. The number of amides is 4. The van der Waals surface area contributed by atoms with Gasteiger partial charge in [0.1, 0.15) is 35.2 Å². The molecule has 4 heterocycles. The molecule has 3 atom stereocenters. The van der Waals surface area contributed by atoms with Crippen LogP contribution >= 0.6 is 0 Å². The molecule has 204 valence electrons. The van der Waals surface area contributed by atoms with Crippen molar-refractivity contribution in [2.24, 2.45) is 11.7 Å². The minimum Gasteiger partial charge on any atom is -0.368 e. The molecule has 0 saturated carbocycles. The predicted molar refractivity (Wildman–Crippen MR) is 137 cm³/mol. The third-order valence-corrected chi connectivity index (χ3v) is 7.61. The fraction of sp³-hybridized carbons (Fsp3) is 0.370. The quantitative estimate of drug-likeness (QED) is 0.442. The molecule has 0 radical (unpaired) electrons. The van der Waals surface area contributed by atoms with Gasteiger partial charge in [0.25, 0.3) is 5.91 Å². The molecule has 39 heavy (non-hydrogen) atoms. The largest absolute Gasteiger partial charge is 0.368 e. The van der Waals surface area contributed by atoms with E-state index in [-0.39, 0.29) is 47.8 Å². The number of H-pyrrole nitrogens is 1. The topological polar surface area (TPSA) is 141 Å². The number of nitrogens with zero attached hydrogens (tertiary/aromatic N) is 3. The van der Waals surface area contributed by atoms with E-state index in [0.29, 0.717) is 11.4 Å². The van der Waals surface area contributed by atoms with Crippen LogP contribution in [0.2, 0.25) is 0 Å². The third kappa shape index (κ3) is 4.29. The number of likely N-dealkylation sites (tertiary alicyclic amines) is 1. The summed E-state index contributed by atoms with van der Waals surface area (Å²) in [7, 11) is 1.43. The molecular weight excluding hydrogens is 510 g/mol. The minimum atomic E-state index is -1.21. The molecule has 1 saturated heterocycles. The number of anilines is 1. The number of fused-ring (bicyclic) bond motifs is 3. The molecule has 3 aromatic rings. The zero-order valence-corrected chi connectivity index (χ0v) is 21.6. The van der Waals surface area contributed by atoms with Crippen LogP contribution < -0.4 is 11.1 Å². The molecule has 1 fully saturated rings. The normalized spacial score (nSPS) is 20.9. The summed E-state index contributed by atoms with van der Waals surface area (Å²) < 4.78 is 28.0. The van der Waals surface area contributed by atoms with Gasteiger partial charge in [0, 0.05) is 36.8 Å². The Morgan fingerprint density at radius 3 is 2.69 bits per heavy atom. The number of hydrogen-bond donors (Lipinski definition) is 3. The van der Waals surface area contributed by atoms with Gasteiger partial charge in [0.05, 0.1) is 10.9 Å². The van der Waals surface area contributed by atoms with Gasteiger partial charge in [-0.2, -0.15) is 0 Å². The molecule has 5 rings (SSSR count). The molecule has 4 N–H and O–H groups in total. The first-order valence-corrected chi connectivity index (χ1v) is 12.5. The van der Waals surface area contributed by atoms with Gasteiger partial charge in [-0.25, -0.2) is 13.8 Å². The summed E-state index contributed by atoms with van der Waals surface area (Å²) >= 11 is 0. The van der Waals surface area contributed by atoms with E-state index in [1.807, 2.05) is 13.8 Å². The molecule has 2 aliphatic rings. The lowest BCUT2D eigenvalue weighted by atomic mass is 9.80. The van der Waals surface area contributed by atoms with Crippen molar-refractivity contribution in [1.29, 1.82) is 0 Å². The summed E-state index contributed by atoms with van der Waals surface area (Å²) in [6.45, 7) is 3.64. The van der Waals surface area contributed by atoms with Crippen molar-refractivity contribution in [2.45, 2.75) is 44.2 Å². The Morgan fingerprint density at radius 1 is 1.26 bits per heavy atom. The number of carbonyl (C=O) groups excluding carboxylic acids is 4. The second kappa shape index (κ2) is 9.44. The number of nitrogens with one attached hydrogen (secondary N) is 2. The summed E-state index contributed by atoms with van der Waals surface area (Å²) in [4.78, 5) is 62.6. The van der Waals surface area contributed by atoms with Crippen molar-refractivity contribution in [1.82, 2.24) is 19.8 Å².